The Labute approximate surface area is 257 Å². The number of Topliss-reactive ketones (excluding diaryl/α,β-unsaturated/α-hetero) is 2. The number of carbonyl (C=O) groups is 7. The van der Waals surface area contributed by atoms with E-state index in [2.05, 4.69) is 6.58 Å². The molecule has 2 aliphatic rings. The van der Waals surface area contributed by atoms with E-state index in [1.165, 1.54) is 26.0 Å². The van der Waals surface area contributed by atoms with Gasteiger partial charge >= 0.3 is 29.8 Å². The Bertz CT molecular complexity index is 1260. The van der Waals surface area contributed by atoms with E-state index in [0.717, 1.165) is 27.7 Å². The fourth-order valence-corrected chi connectivity index (χ4v) is 5.88. The Morgan fingerprint density at radius 2 is 1.41 bits per heavy atom. The Morgan fingerprint density at radius 1 is 0.864 bits per heavy atom. The zero-order valence-corrected chi connectivity index (χ0v) is 27.1. The van der Waals surface area contributed by atoms with Gasteiger partial charge in [-0.15, -0.1) is 0 Å². The Balaban J connectivity index is 3.09. The largest absolute Gasteiger partial charge is 0.458 e. The van der Waals surface area contributed by atoms with Crippen LogP contribution in [0, 0.1) is 23.2 Å². The van der Waals surface area contributed by atoms with Crippen molar-refractivity contribution in [2.24, 2.45) is 23.2 Å². The smallest absolute Gasteiger partial charge is 0.308 e. The average Bonchev–Trinajstić information content (AvgIpc) is 3.09. The third-order valence-electron chi connectivity index (χ3n) is 7.93. The molecule has 0 spiro atoms. The topological polar surface area (TPSA) is 166 Å². The first-order valence-electron chi connectivity index (χ1n) is 14.5. The highest BCUT2D eigenvalue weighted by Gasteiger charge is 2.71. The third-order valence-corrected chi connectivity index (χ3v) is 7.93. The number of esters is 5. The predicted octanol–water partition coefficient (Wildman–Crippen LogP) is 3.38. The maximum atomic E-state index is 14.5. The van der Waals surface area contributed by atoms with Gasteiger partial charge in [0.15, 0.2) is 23.1 Å². The average molecular weight is 621 g/mol. The summed E-state index contributed by atoms with van der Waals surface area (Å²) < 4.78 is 28.7. The van der Waals surface area contributed by atoms with Gasteiger partial charge < -0.3 is 23.7 Å². The van der Waals surface area contributed by atoms with Crippen LogP contribution in [0.2, 0.25) is 0 Å². The second-order valence-corrected chi connectivity index (χ2v) is 12.7. The van der Waals surface area contributed by atoms with E-state index in [-0.39, 0.29) is 17.8 Å². The molecule has 0 aromatic carbocycles. The summed E-state index contributed by atoms with van der Waals surface area (Å²) in [5.41, 5.74) is -5.28. The lowest BCUT2D eigenvalue weighted by atomic mass is 9.73. The molecular formula is C32H44O12. The number of fused-ring (bicyclic) bond motifs is 1. The standard InChI is InChI=1S/C32H44O12/c1-16(2)29(39)42-23-14-24(37)30(9,10)13-12-17(3)27(38)32(44-22(8)36)15-31(11,43-21(7)35)28(41-20(6)34)25(32)26(18(23)4)40-19(5)33/h12-13,16-17,23,25-26,28H,4,14-15H2,1-3,5-11H3/b13-12+/t17-,23-,25+,26-,28-,31+,32+/m0/s1. The molecule has 0 aromatic heterocycles. The predicted molar refractivity (Wildman–Crippen MR) is 154 cm³/mol. The SMILES string of the molecule is C=C1[C@@H](OC(=O)C(C)C)CC(=O)C(C)(C)/C=C/[C@H](C)C(=O)[C@@]2(OC(C)=O)C[C@@](C)(OC(C)=O)[C@@H](OC(C)=O)[C@H]2[C@H]1OC(C)=O. The molecule has 7 atom stereocenters. The van der Waals surface area contributed by atoms with Gasteiger partial charge in [-0.25, -0.2) is 0 Å². The van der Waals surface area contributed by atoms with Gasteiger partial charge in [-0.1, -0.05) is 39.5 Å². The zero-order valence-electron chi connectivity index (χ0n) is 27.1. The van der Waals surface area contributed by atoms with Gasteiger partial charge in [-0.05, 0) is 20.8 Å². The van der Waals surface area contributed by atoms with Crippen LogP contribution < -0.4 is 0 Å². The fraction of sp³-hybridized carbons (Fsp3) is 0.656. The molecule has 0 heterocycles. The van der Waals surface area contributed by atoms with Crippen LogP contribution in [0.5, 0.6) is 0 Å². The van der Waals surface area contributed by atoms with Crippen molar-refractivity contribution in [1.29, 1.82) is 0 Å². The highest BCUT2D eigenvalue weighted by atomic mass is 16.6. The van der Waals surface area contributed by atoms with Gasteiger partial charge in [-0.2, -0.15) is 0 Å². The number of ether oxygens (including phenoxy) is 5. The molecule has 0 amide bonds. The summed E-state index contributed by atoms with van der Waals surface area (Å²) >= 11 is 0. The van der Waals surface area contributed by atoms with Crippen LogP contribution in [0.15, 0.2) is 24.3 Å². The van der Waals surface area contributed by atoms with E-state index in [9.17, 15) is 33.6 Å². The number of allylic oxidation sites excluding steroid dienone is 2. The van der Waals surface area contributed by atoms with Crippen LogP contribution in [0.4, 0.5) is 0 Å². The van der Waals surface area contributed by atoms with Crippen LogP contribution in [0.3, 0.4) is 0 Å². The van der Waals surface area contributed by atoms with Crippen molar-refractivity contribution in [3.8, 4) is 0 Å². The van der Waals surface area contributed by atoms with E-state index < -0.39 is 94.7 Å². The number of ketones is 2. The molecule has 1 saturated carbocycles. The van der Waals surface area contributed by atoms with Gasteiger partial charge in [0, 0.05) is 57.4 Å². The normalized spacial score (nSPS) is 32.8. The van der Waals surface area contributed by atoms with E-state index in [4.69, 9.17) is 23.7 Å². The van der Waals surface area contributed by atoms with Crippen LogP contribution in [0.1, 0.15) is 82.1 Å². The Hall–Kier alpha value is -3.83. The van der Waals surface area contributed by atoms with E-state index >= 15 is 0 Å². The minimum Gasteiger partial charge on any atom is -0.458 e. The first kappa shape index (κ1) is 36.4. The first-order chi connectivity index (χ1) is 20.1. The van der Waals surface area contributed by atoms with E-state index in [1.54, 1.807) is 27.7 Å². The van der Waals surface area contributed by atoms with Crippen molar-refractivity contribution in [3.05, 3.63) is 24.3 Å². The van der Waals surface area contributed by atoms with Gasteiger partial charge in [0.2, 0.25) is 0 Å². The number of carbonyl (C=O) groups excluding carboxylic acids is 7. The second-order valence-electron chi connectivity index (χ2n) is 12.7. The molecule has 0 bridgehead atoms. The number of hydrogen-bond acceptors (Lipinski definition) is 12. The van der Waals surface area contributed by atoms with Crippen molar-refractivity contribution < 1.29 is 57.2 Å². The van der Waals surface area contributed by atoms with E-state index in [1.807, 2.05) is 0 Å². The van der Waals surface area contributed by atoms with Gasteiger partial charge in [-0.3, -0.25) is 33.6 Å². The molecular weight excluding hydrogens is 576 g/mol. The quantitative estimate of drug-likeness (QED) is 0.242. The first-order valence-corrected chi connectivity index (χ1v) is 14.5. The van der Waals surface area contributed by atoms with Crippen molar-refractivity contribution in [1.82, 2.24) is 0 Å². The molecule has 1 fully saturated rings. The summed E-state index contributed by atoms with van der Waals surface area (Å²) in [4.78, 5) is 91.2. The summed E-state index contributed by atoms with van der Waals surface area (Å²) in [6.07, 6.45) is -2.42. The monoisotopic (exact) mass is 620 g/mol. The molecule has 12 heteroatoms. The molecule has 0 N–H and O–H groups in total. The summed E-state index contributed by atoms with van der Waals surface area (Å²) in [5.74, 6) is -8.34. The molecule has 0 unspecified atom stereocenters. The maximum absolute atomic E-state index is 14.5. The van der Waals surface area contributed by atoms with Crippen molar-refractivity contribution in [2.75, 3.05) is 0 Å². The fourth-order valence-electron chi connectivity index (χ4n) is 5.88. The molecule has 0 radical (unpaired) electrons. The molecule has 244 valence electrons. The summed E-state index contributed by atoms with van der Waals surface area (Å²) in [6, 6.07) is 0. The van der Waals surface area contributed by atoms with Crippen LogP contribution >= 0.6 is 0 Å². The van der Waals surface area contributed by atoms with Crippen molar-refractivity contribution >= 4 is 41.4 Å². The summed E-state index contributed by atoms with van der Waals surface area (Å²) in [7, 11) is 0. The Kier molecular flexibility index (Phi) is 11.1. The lowest BCUT2D eigenvalue weighted by molar-refractivity contribution is -0.190. The summed E-state index contributed by atoms with van der Waals surface area (Å²) in [6.45, 7) is 17.8. The van der Waals surface area contributed by atoms with Crippen LogP contribution in [-0.2, 0) is 57.2 Å². The van der Waals surface area contributed by atoms with Gasteiger partial charge in [0.25, 0.3) is 0 Å². The lowest BCUT2D eigenvalue weighted by Gasteiger charge is -2.41. The minimum atomic E-state index is -2.22. The molecule has 2 aliphatic carbocycles. The van der Waals surface area contributed by atoms with Crippen molar-refractivity contribution in [3.63, 3.8) is 0 Å². The van der Waals surface area contributed by atoms with E-state index in [0.29, 0.717) is 0 Å². The third kappa shape index (κ3) is 7.81. The Morgan fingerprint density at radius 3 is 1.89 bits per heavy atom. The molecule has 2 rings (SSSR count). The zero-order chi connectivity index (χ0) is 33.9. The molecule has 0 aliphatic heterocycles. The van der Waals surface area contributed by atoms with Gasteiger partial charge in [0.1, 0.15) is 18.0 Å². The molecule has 12 nitrogen and oxygen atoms in total. The van der Waals surface area contributed by atoms with Crippen LogP contribution in [-0.4, -0.2) is 70.9 Å². The van der Waals surface area contributed by atoms with Crippen LogP contribution in [0.25, 0.3) is 0 Å². The summed E-state index contributed by atoms with van der Waals surface area (Å²) in [5, 5.41) is 0. The van der Waals surface area contributed by atoms with Gasteiger partial charge in [0.05, 0.1) is 11.8 Å². The molecule has 0 aromatic rings. The second kappa shape index (κ2) is 13.4. The highest BCUT2D eigenvalue weighted by molar-refractivity contribution is 5.94. The minimum absolute atomic E-state index is 0.130. The number of rotatable bonds is 6. The maximum Gasteiger partial charge on any atom is 0.308 e. The molecule has 44 heavy (non-hydrogen) atoms. The number of hydrogen-bond donors (Lipinski definition) is 0. The van der Waals surface area contributed by atoms with Crippen molar-refractivity contribution in [2.45, 2.75) is 112 Å². The highest BCUT2D eigenvalue weighted by Crippen LogP contribution is 2.54. The lowest BCUT2D eigenvalue weighted by Crippen LogP contribution is -2.57. The molecule has 0 saturated heterocycles.